The van der Waals surface area contributed by atoms with Crippen molar-refractivity contribution in [3.8, 4) is 5.75 Å². The number of hydrogen-bond acceptors (Lipinski definition) is 2. The lowest BCUT2D eigenvalue weighted by atomic mass is 10.1. The number of alkyl halides is 1. The lowest BCUT2D eigenvalue weighted by Gasteiger charge is -2.23. The van der Waals surface area contributed by atoms with Crippen LogP contribution in [0.2, 0.25) is 0 Å². The van der Waals surface area contributed by atoms with Gasteiger partial charge in [0.05, 0.1) is 19.3 Å². The largest absolute Gasteiger partial charge is 0.496 e. The summed E-state index contributed by atoms with van der Waals surface area (Å²) in [5.41, 5.74) is 1.12. The average molecular weight is 343 g/mol. The third kappa shape index (κ3) is 5.84. The van der Waals surface area contributed by atoms with E-state index >= 15 is 0 Å². The Bertz CT molecular complexity index is 368. The predicted octanol–water partition coefficient (Wildman–Crippen LogP) is 5.51. The zero-order chi connectivity index (χ0) is 14.8. The molecule has 2 atom stereocenters. The van der Waals surface area contributed by atoms with E-state index in [1.54, 1.807) is 7.11 Å². The van der Waals surface area contributed by atoms with Gasteiger partial charge in [0, 0.05) is 10.9 Å². The first kappa shape index (κ1) is 17.5. The Labute approximate surface area is 132 Å². The van der Waals surface area contributed by atoms with E-state index in [2.05, 4.69) is 35.8 Å². The highest BCUT2D eigenvalue weighted by Crippen LogP contribution is 2.30. The van der Waals surface area contributed by atoms with Crippen LogP contribution in [-0.4, -0.2) is 18.5 Å². The minimum Gasteiger partial charge on any atom is -0.496 e. The first-order valence-corrected chi connectivity index (χ1v) is 8.69. The maximum absolute atomic E-state index is 6.18. The third-order valence-corrected chi connectivity index (χ3v) is 4.07. The molecule has 1 aromatic carbocycles. The Morgan fingerprint density at radius 2 is 1.90 bits per heavy atom. The Morgan fingerprint density at radius 1 is 1.15 bits per heavy atom. The highest BCUT2D eigenvalue weighted by molar-refractivity contribution is 9.09. The fraction of sp³-hybridized carbons (Fsp3) is 0.647. The van der Waals surface area contributed by atoms with Gasteiger partial charge >= 0.3 is 0 Å². The molecule has 0 aliphatic carbocycles. The monoisotopic (exact) mass is 342 g/mol. The number of para-hydroxylation sites is 1. The zero-order valence-electron chi connectivity index (χ0n) is 12.9. The summed E-state index contributed by atoms with van der Waals surface area (Å²) in [7, 11) is 1.71. The van der Waals surface area contributed by atoms with Gasteiger partial charge in [0.1, 0.15) is 5.75 Å². The van der Waals surface area contributed by atoms with Crippen LogP contribution in [0.4, 0.5) is 0 Å². The summed E-state index contributed by atoms with van der Waals surface area (Å²) in [6, 6.07) is 8.08. The summed E-state index contributed by atoms with van der Waals surface area (Å²) in [5, 5.41) is 0.784. The first-order chi connectivity index (χ1) is 9.72. The normalized spacial score (nSPS) is 14.0. The molecule has 2 nitrogen and oxygen atoms in total. The van der Waals surface area contributed by atoms with Crippen LogP contribution < -0.4 is 4.74 Å². The Morgan fingerprint density at radius 3 is 2.55 bits per heavy atom. The van der Waals surface area contributed by atoms with Gasteiger partial charge < -0.3 is 9.47 Å². The predicted molar refractivity (Wildman–Crippen MR) is 88.8 cm³/mol. The van der Waals surface area contributed by atoms with E-state index in [9.17, 15) is 0 Å². The maximum atomic E-state index is 6.18. The molecule has 2 unspecified atom stereocenters. The summed E-state index contributed by atoms with van der Waals surface area (Å²) >= 11 is 3.56. The van der Waals surface area contributed by atoms with Crippen LogP contribution in [0.5, 0.6) is 5.75 Å². The van der Waals surface area contributed by atoms with Crippen molar-refractivity contribution in [2.75, 3.05) is 12.4 Å². The third-order valence-electron chi connectivity index (χ3n) is 3.49. The Balaban J connectivity index is 2.53. The molecular formula is C17H27BrO2. The summed E-state index contributed by atoms with van der Waals surface area (Å²) in [6.07, 6.45) is 6.60. The van der Waals surface area contributed by atoms with E-state index in [-0.39, 0.29) is 12.2 Å². The minimum atomic E-state index is 0.0484. The van der Waals surface area contributed by atoms with Crippen LogP contribution in [0.3, 0.4) is 0 Å². The molecule has 0 aliphatic heterocycles. The van der Waals surface area contributed by atoms with Crippen molar-refractivity contribution in [2.45, 2.75) is 58.2 Å². The number of hydrogen-bond donors (Lipinski definition) is 0. The number of unbranched alkanes of at least 4 members (excludes halogenated alkanes) is 3. The van der Waals surface area contributed by atoms with E-state index in [4.69, 9.17) is 9.47 Å². The molecule has 0 aliphatic rings. The standard InChI is InChI=1S/C17H27BrO2/c1-4-5-6-7-10-14(2)20-17(13-18)15-11-8-9-12-16(15)19-3/h8-9,11-12,14,17H,4-7,10,13H2,1-3H3. The van der Waals surface area contributed by atoms with Crippen LogP contribution in [0.1, 0.15) is 57.6 Å². The van der Waals surface area contributed by atoms with E-state index < -0.39 is 0 Å². The van der Waals surface area contributed by atoms with Gasteiger partial charge in [0.25, 0.3) is 0 Å². The van der Waals surface area contributed by atoms with Crippen molar-refractivity contribution in [2.24, 2.45) is 0 Å². The second kappa shape index (κ2) is 10.2. The number of benzene rings is 1. The second-order valence-corrected chi connectivity index (χ2v) is 5.83. The second-order valence-electron chi connectivity index (χ2n) is 5.18. The number of halogens is 1. The van der Waals surface area contributed by atoms with Crippen molar-refractivity contribution in [3.63, 3.8) is 0 Å². The van der Waals surface area contributed by atoms with Gasteiger partial charge in [-0.2, -0.15) is 0 Å². The zero-order valence-corrected chi connectivity index (χ0v) is 14.5. The molecule has 0 aromatic heterocycles. The molecule has 0 bridgehead atoms. The van der Waals surface area contributed by atoms with Crippen molar-refractivity contribution < 1.29 is 9.47 Å². The molecule has 0 amide bonds. The van der Waals surface area contributed by atoms with E-state index in [0.29, 0.717) is 0 Å². The average Bonchev–Trinajstić information content (AvgIpc) is 2.49. The van der Waals surface area contributed by atoms with Crippen LogP contribution in [-0.2, 0) is 4.74 Å². The van der Waals surface area contributed by atoms with E-state index in [0.717, 1.165) is 23.1 Å². The van der Waals surface area contributed by atoms with E-state index in [1.807, 2.05) is 18.2 Å². The molecule has 0 N–H and O–H groups in total. The van der Waals surface area contributed by atoms with Crippen LogP contribution >= 0.6 is 15.9 Å². The molecule has 0 saturated carbocycles. The summed E-state index contributed by atoms with van der Waals surface area (Å²) in [5.74, 6) is 0.898. The molecule has 0 fully saturated rings. The van der Waals surface area contributed by atoms with Crippen LogP contribution in [0, 0.1) is 0 Å². The molecule has 3 heteroatoms. The van der Waals surface area contributed by atoms with Crippen molar-refractivity contribution in [1.29, 1.82) is 0 Å². The highest BCUT2D eigenvalue weighted by atomic mass is 79.9. The molecule has 20 heavy (non-hydrogen) atoms. The van der Waals surface area contributed by atoms with Crippen LogP contribution in [0.25, 0.3) is 0 Å². The molecule has 114 valence electrons. The van der Waals surface area contributed by atoms with Gasteiger partial charge in [-0.05, 0) is 19.4 Å². The van der Waals surface area contributed by atoms with Gasteiger partial charge in [-0.25, -0.2) is 0 Å². The molecular weight excluding hydrogens is 316 g/mol. The Hall–Kier alpha value is -0.540. The molecule has 0 heterocycles. The number of rotatable bonds is 10. The summed E-state index contributed by atoms with van der Waals surface area (Å²) in [6.45, 7) is 4.40. The topological polar surface area (TPSA) is 18.5 Å². The lowest BCUT2D eigenvalue weighted by molar-refractivity contribution is 0.00386. The summed E-state index contributed by atoms with van der Waals surface area (Å²) in [4.78, 5) is 0. The number of methoxy groups -OCH3 is 1. The molecule has 0 spiro atoms. The lowest BCUT2D eigenvalue weighted by Crippen LogP contribution is -2.15. The van der Waals surface area contributed by atoms with Gasteiger partial charge in [0.15, 0.2) is 0 Å². The molecule has 1 aromatic rings. The number of ether oxygens (including phenoxy) is 2. The SMILES string of the molecule is CCCCCCC(C)OC(CBr)c1ccccc1OC. The Kier molecular flexibility index (Phi) is 8.95. The van der Waals surface area contributed by atoms with E-state index in [1.165, 1.54) is 25.7 Å². The van der Waals surface area contributed by atoms with Crippen molar-refractivity contribution in [1.82, 2.24) is 0 Å². The van der Waals surface area contributed by atoms with Crippen molar-refractivity contribution in [3.05, 3.63) is 29.8 Å². The van der Waals surface area contributed by atoms with Crippen molar-refractivity contribution >= 4 is 15.9 Å². The molecule has 0 radical (unpaired) electrons. The van der Waals surface area contributed by atoms with Gasteiger partial charge in [-0.3, -0.25) is 0 Å². The maximum Gasteiger partial charge on any atom is 0.124 e. The van der Waals surface area contributed by atoms with Crippen LogP contribution in [0.15, 0.2) is 24.3 Å². The molecule has 1 rings (SSSR count). The fourth-order valence-electron chi connectivity index (χ4n) is 2.33. The minimum absolute atomic E-state index is 0.0484. The first-order valence-electron chi connectivity index (χ1n) is 7.57. The summed E-state index contributed by atoms with van der Waals surface area (Å²) < 4.78 is 11.6. The van der Waals surface area contributed by atoms with Gasteiger partial charge in [-0.15, -0.1) is 0 Å². The highest BCUT2D eigenvalue weighted by Gasteiger charge is 2.18. The fourth-order valence-corrected chi connectivity index (χ4v) is 2.83. The smallest absolute Gasteiger partial charge is 0.124 e. The molecule has 0 saturated heterocycles. The van der Waals surface area contributed by atoms with Gasteiger partial charge in [0.2, 0.25) is 0 Å². The van der Waals surface area contributed by atoms with Gasteiger partial charge in [-0.1, -0.05) is 66.7 Å². The quantitative estimate of drug-likeness (QED) is 0.412.